The van der Waals surface area contributed by atoms with Crippen LogP contribution < -0.4 is 0 Å². The average Bonchev–Trinajstić information content (AvgIpc) is 2.69. The largest absolute Gasteiger partial charge is 0.475 e. The monoisotopic (exact) mass is 310 g/mol. The Morgan fingerprint density at radius 2 is 2.05 bits per heavy atom. The summed E-state index contributed by atoms with van der Waals surface area (Å²) in [5.74, 6) is -1.24. The molecule has 122 valence electrons. The van der Waals surface area contributed by atoms with Gasteiger partial charge in [0, 0.05) is 18.3 Å². The third kappa shape index (κ3) is 1.69. The van der Waals surface area contributed by atoms with E-state index >= 15 is 0 Å². The minimum absolute atomic E-state index is 0.00804. The Labute approximate surface area is 129 Å². The summed E-state index contributed by atoms with van der Waals surface area (Å²) in [4.78, 5) is 23.1. The van der Waals surface area contributed by atoms with E-state index in [1.165, 1.54) is 0 Å². The Kier molecular flexibility index (Phi) is 2.94. The maximum Gasteiger partial charge on any atom is 0.371 e. The van der Waals surface area contributed by atoms with Crippen LogP contribution >= 0.6 is 0 Å². The molecule has 5 aliphatic rings. The van der Waals surface area contributed by atoms with Gasteiger partial charge in [-0.05, 0) is 44.6 Å². The van der Waals surface area contributed by atoms with Crippen molar-refractivity contribution in [2.75, 3.05) is 0 Å². The molecule has 22 heavy (non-hydrogen) atoms. The van der Waals surface area contributed by atoms with E-state index in [0.29, 0.717) is 5.92 Å². The third-order valence-corrected chi connectivity index (χ3v) is 6.02. The van der Waals surface area contributed by atoms with Gasteiger partial charge in [0.15, 0.2) is 5.60 Å². The number of carboxylic acids is 1. The van der Waals surface area contributed by atoms with Gasteiger partial charge in [0.25, 0.3) is 0 Å². The number of hydrogen-bond acceptors (Lipinski definition) is 5. The molecule has 4 aliphatic heterocycles. The lowest BCUT2D eigenvalue weighted by molar-refractivity contribution is -0.556. The van der Waals surface area contributed by atoms with Crippen LogP contribution in [0, 0.1) is 17.8 Å². The van der Waals surface area contributed by atoms with Crippen LogP contribution in [0.2, 0.25) is 0 Å². The van der Waals surface area contributed by atoms with Gasteiger partial charge in [-0.3, -0.25) is 0 Å². The fourth-order valence-electron chi connectivity index (χ4n) is 4.83. The number of ether oxygens (including phenoxy) is 2. The van der Waals surface area contributed by atoms with Crippen molar-refractivity contribution < 1.29 is 29.1 Å². The zero-order valence-electron chi connectivity index (χ0n) is 13.1. The number of aliphatic carboxylic acids is 1. The molecule has 2 bridgehead atoms. The Balaban J connectivity index is 1.87. The van der Waals surface area contributed by atoms with E-state index < -0.39 is 23.6 Å². The fourth-order valence-corrected chi connectivity index (χ4v) is 4.83. The lowest BCUT2D eigenvalue weighted by atomic mass is 9.59. The third-order valence-electron chi connectivity index (χ3n) is 6.02. The molecule has 6 heteroatoms. The molecular formula is C16H22O6. The molecule has 0 unspecified atom stereocenters. The van der Waals surface area contributed by atoms with Crippen molar-refractivity contribution in [2.45, 2.75) is 64.1 Å². The van der Waals surface area contributed by atoms with Gasteiger partial charge in [0.2, 0.25) is 17.8 Å². The number of carboxylic acid groups (broad SMARTS) is 1. The van der Waals surface area contributed by atoms with Crippen molar-refractivity contribution in [3.63, 3.8) is 0 Å². The van der Waals surface area contributed by atoms with Crippen molar-refractivity contribution in [1.29, 1.82) is 0 Å². The summed E-state index contributed by atoms with van der Waals surface area (Å²) in [5, 5.41) is 9.44. The molecule has 1 spiro atoms. The van der Waals surface area contributed by atoms with Crippen LogP contribution in [-0.4, -0.2) is 28.8 Å². The fraction of sp³-hybridized carbons (Fsp3) is 0.812. The number of hydrogen-bond donors (Lipinski definition) is 1. The highest BCUT2D eigenvalue weighted by Gasteiger charge is 2.68. The van der Waals surface area contributed by atoms with Crippen LogP contribution in [0.5, 0.6) is 0 Å². The summed E-state index contributed by atoms with van der Waals surface area (Å²) >= 11 is 0. The molecule has 0 aromatic heterocycles. The van der Waals surface area contributed by atoms with Crippen LogP contribution in [0.25, 0.3) is 0 Å². The first kappa shape index (κ1) is 14.5. The molecule has 0 radical (unpaired) electrons. The molecule has 1 saturated carbocycles. The van der Waals surface area contributed by atoms with Gasteiger partial charge in [-0.15, -0.1) is 0 Å². The van der Waals surface area contributed by atoms with Gasteiger partial charge in [-0.25, -0.2) is 14.6 Å². The smallest absolute Gasteiger partial charge is 0.371 e. The molecule has 4 heterocycles. The molecule has 0 amide bonds. The topological polar surface area (TPSA) is 74.2 Å². The quantitative estimate of drug-likeness (QED) is 0.750. The van der Waals surface area contributed by atoms with E-state index in [-0.39, 0.29) is 17.6 Å². The van der Waals surface area contributed by atoms with Crippen molar-refractivity contribution in [2.24, 2.45) is 17.8 Å². The Morgan fingerprint density at radius 3 is 2.77 bits per heavy atom. The summed E-state index contributed by atoms with van der Waals surface area (Å²) in [6, 6.07) is 0. The van der Waals surface area contributed by atoms with Gasteiger partial charge in [0.05, 0.1) is 0 Å². The van der Waals surface area contributed by atoms with Gasteiger partial charge in [-0.2, -0.15) is 0 Å². The second kappa shape index (κ2) is 4.46. The first-order valence-corrected chi connectivity index (χ1v) is 8.03. The molecule has 1 N–H and O–H groups in total. The van der Waals surface area contributed by atoms with E-state index in [0.717, 1.165) is 31.3 Å². The first-order chi connectivity index (χ1) is 10.4. The predicted molar refractivity (Wildman–Crippen MR) is 74.2 cm³/mol. The Hall–Kier alpha value is -1.11. The number of fused-ring (bicyclic) bond motifs is 2. The SMILES string of the molecule is CC1=C(C(=O)O)O[C@@H]2O[C@]3(C)CC[C@H]4[C@H](C)CC[C@@H]1[C@@]24OO3. The van der Waals surface area contributed by atoms with Crippen LogP contribution in [0.15, 0.2) is 11.3 Å². The lowest BCUT2D eigenvalue weighted by Gasteiger charge is -2.56. The van der Waals surface area contributed by atoms with Gasteiger partial charge in [-0.1, -0.05) is 6.92 Å². The second-order valence-corrected chi connectivity index (χ2v) is 7.29. The zero-order valence-corrected chi connectivity index (χ0v) is 13.1. The first-order valence-electron chi connectivity index (χ1n) is 8.03. The molecule has 4 fully saturated rings. The van der Waals surface area contributed by atoms with Crippen molar-refractivity contribution in [3.05, 3.63) is 11.3 Å². The highest BCUT2D eigenvalue weighted by molar-refractivity contribution is 5.85. The summed E-state index contributed by atoms with van der Waals surface area (Å²) in [6.07, 6.45) is 2.85. The van der Waals surface area contributed by atoms with E-state index in [2.05, 4.69) is 6.92 Å². The van der Waals surface area contributed by atoms with Gasteiger partial charge >= 0.3 is 5.97 Å². The number of carbonyl (C=O) groups is 1. The highest BCUT2D eigenvalue weighted by atomic mass is 17.3. The average molecular weight is 310 g/mol. The summed E-state index contributed by atoms with van der Waals surface area (Å²) < 4.78 is 11.8. The standard InChI is InChI=1S/C16H22O6/c1-8-4-5-11-9(2)12(13(17)18)19-14-16(11)10(8)6-7-15(3,20-14)21-22-16/h8,10-11,14H,4-7H2,1-3H3,(H,17,18)/t8-,10+,11+,14-,15+,16-/m1/s1. The Morgan fingerprint density at radius 1 is 1.27 bits per heavy atom. The molecule has 5 rings (SSSR count). The van der Waals surface area contributed by atoms with Crippen LogP contribution in [-0.2, 0) is 24.0 Å². The van der Waals surface area contributed by atoms with Crippen LogP contribution in [0.3, 0.4) is 0 Å². The molecule has 6 nitrogen and oxygen atoms in total. The van der Waals surface area contributed by atoms with E-state index in [9.17, 15) is 9.90 Å². The molecule has 3 saturated heterocycles. The molecule has 1 aliphatic carbocycles. The lowest BCUT2D eigenvalue weighted by Crippen LogP contribution is -2.66. The van der Waals surface area contributed by atoms with Crippen molar-refractivity contribution >= 4 is 5.97 Å². The minimum atomic E-state index is -1.04. The summed E-state index contributed by atoms with van der Waals surface area (Å²) in [5.41, 5.74) is 0.00910. The van der Waals surface area contributed by atoms with Gasteiger partial charge < -0.3 is 14.6 Å². The van der Waals surface area contributed by atoms with Crippen LogP contribution in [0.1, 0.15) is 46.5 Å². The maximum atomic E-state index is 11.5. The summed E-state index contributed by atoms with van der Waals surface area (Å²) in [7, 11) is 0. The molecule has 6 atom stereocenters. The highest BCUT2D eigenvalue weighted by Crippen LogP contribution is 2.60. The maximum absolute atomic E-state index is 11.5. The van der Waals surface area contributed by atoms with Crippen molar-refractivity contribution in [3.8, 4) is 0 Å². The Bertz CT molecular complexity index is 557. The van der Waals surface area contributed by atoms with E-state index in [1.54, 1.807) is 0 Å². The van der Waals surface area contributed by atoms with Crippen molar-refractivity contribution in [1.82, 2.24) is 0 Å². The summed E-state index contributed by atoms with van der Waals surface area (Å²) in [6.45, 7) is 5.88. The molecular weight excluding hydrogens is 288 g/mol. The zero-order chi connectivity index (χ0) is 15.7. The normalized spacial score (nSPS) is 50.1. The predicted octanol–water partition coefficient (Wildman–Crippen LogP) is 2.59. The molecule has 0 aromatic rings. The van der Waals surface area contributed by atoms with E-state index in [4.69, 9.17) is 19.2 Å². The van der Waals surface area contributed by atoms with E-state index in [1.807, 2.05) is 13.8 Å². The number of rotatable bonds is 1. The van der Waals surface area contributed by atoms with Gasteiger partial charge in [0.1, 0.15) is 0 Å². The minimum Gasteiger partial charge on any atom is -0.475 e. The van der Waals surface area contributed by atoms with Crippen LogP contribution in [0.4, 0.5) is 0 Å². The molecule has 0 aromatic carbocycles. The second-order valence-electron chi connectivity index (χ2n) is 7.29.